The number of halogens is 6. The Hall–Kier alpha value is -10.7. The van der Waals surface area contributed by atoms with E-state index in [2.05, 4.69) is 50.9 Å². The number of aromatic nitrogens is 6. The van der Waals surface area contributed by atoms with E-state index in [1.807, 2.05) is 25.1 Å². The fourth-order valence-electron chi connectivity index (χ4n) is 10.8. The van der Waals surface area contributed by atoms with E-state index in [1.54, 1.807) is 146 Å². The molecule has 13 aromatic rings. The van der Waals surface area contributed by atoms with Crippen LogP contribution in [-0.2, 0) is 57.4 Å². The summed E-state index contributed by atoms with van der Waals surface area (Å²) in [5.41, 5.74) is 8.97. The number of nitrogens with zero attached hydrogens (tertiary/aromatic N) is 6. The SMILES string of the molecule is CCCc1nc(Oc2ccc(Cl)cc2)ccc1-c1noc2cc(Cl)c(O)cc12.CCCc1nc(Oc2ccc(Cl)cc2)ccc1-c1noc2cc(Cl)c(O[C@@H](C)C(=O)O)cc12.CCCc1nc(Oc2ccc(Cl)cc2)ccc1-c1noc2cc(Cl)c(O[C@@H](C)C(=O)OC)cc12.COC(=O)[C@@H](C)OS(=O)(=O)c1ccc(C)cc1. The van der Waals surface area contributed by atoms with Crippen molar-refractivity contribution in [1.29, 1.82) is 0 Å². The highest BCUT2D eigenvalue weighted by Crippen LogP contribution is 2.42. The molecule has 6 aromatic heterocycles. The van der Waals surface area contributed by atoms with E-state index in [-0.39, 0.29) is 26.4 Å². The van der Waals surface area contributed by atoms with Gasteiger partial charge in [-0.3, -0.25) is 4.18 Å². The van der Waals surface area contributed by atoms with E-state index in [1.165, 1.54) is 40.2 Å². The van der Waals surface area contributed by atoms with Gasteiger partial charge in [-0.1, -0.05) is 143 Å². The lowest BCUT2D eigenvalue weighted by atomic mass is 10.0. The van der Waals surface area contributed by atoms with Crippen molar-refractivity contribution in [3.63, 3.8) is 0 Å². The number of carbonyl (C=O) groups excluding carboxylic acids is 2. The fraction of sp³-hybridized carbons (Fsp3) is 0.222. The monoisotopic (exact) mass is 1660 g/mol. The fourth-order valence-corrected chi connectivity index (χ4v) is 12.8. The maximum absolute atomic E-state index is 11.8. The van der Waals surface area contributed by atoms with Crippen LogP contribution < -0.4 is 23.7 Å². The first-order valence-electron chi connectivity index (χ1n) is 34.6. The lowest BCUT2D eigenvalue weighted by Crippen LogP contribution is -2.25. The number of methoxy groups -OCH3 is 2. The Morgan fingerprint density at radius 3 is 1.13 bits per heavy atom. The number of ether oxygens (including phenoxy) is 7. The molecule has 31 heteroatoms. The van der Waals surface area contributed by atoms with Crippen LogP contribution in [0.15, 0.2) is 188 Å². The van der Waals surface area contributed by atoms with Crippen LogP contribution in [0, 0.1) is 6.92 Å². The van der Waals surface area contributed by atoms with Gasteiger partial charge in [-0.25, -0.2) is 29.3 Å². The van der Waals surface area contributed by atoms with Crippen LogP contribution in [0.2, 0.25) is 30.1 Å². The van der Waals surface area contributed by atoms with E-state index in [0.29, 0.717) is 124 Å². The van der Waals surface area contributed by atoms with Gasteiger partial charge in [0.15, 0.2) is 35.1 Å². The number of carboxylic acids is 1. The molecule has 0 radical (unpaired) electrons. The summed E-state index contributed by atoms with van der Waals surface area (Å²) in [5, 5.41) is 36.4. The highest BCUT2D eigenvalue weighted by Gasteiger charge is 2.27. The molecule has 3 atom stereocenters. The topological polar surface area (TPSA) is 316 Å². The number of aromatic hydroxyl groups is 1. The molecule has 13 rings (SSSR count). The minimum absolute atomic E-state index is 0.0128. The Bertz CT molecular complexity index is 5600. The molecule has 6 heterocycles. The standard InChI is InChI=1S/C25H22Cl2N2O5.C24H20Cl2N2O5.C21H16Cl2N2O3.C11H14O5S/c1-4-5-20-17(10-11-23(28-20)33-16-8-6-15(26)7-9-16)24-18-12-22(32-14(2)25(30)31-3)19(27)13-21(18)34-29-24;1-3-4-19-16(9-10-22(27-19)32-15-7-5-14(25)6-8-15)23-17-11-21(31-13(2)24(29)30)18(26)12-20(17)33-28-23;1-2-3-17-14(21-15-10-18(26)16(23)11-19(15)28-25-21)8-9-20(24-17)27-13-6-4-12(22)5-7-13;1-8-4-6-10(7-5-8)17(13,14)16-9(2)11(12)15-3/h6-14H,4-5H2,1-3H3;5-13H,3-4H2,1-2H3,(H,29,30);4-11,26H,2-3H2,1H3;4-7,9H,1-3H3/t14-;13-;;9-/m00.1/s1. The van der Waals surface area contributed by atoms with Crippen molar-refractivity contribution in [1.82, 2.24) is 30.4 Å². The number of aryl methyl sites for hydroxylation is 4. The number of carboxylic acid groups (broad SMARTS) is 1. The molecule has 0 saturated carbocycles. The van der Waals surface area contributed by atoms with Gasteiger partial charge >= 0.3 is 17.9 Å². The van der Waals surface area contributed by atoms with Gasteiger partial charge in [0.25, 0.3) is 10.1 Å². The first-order chi connectivity index (χ1) is 53.6. The Morgan fingerprint density at radius 2 is 0.786 bits per heavy atom. The van der Waals surface area contributed by atoms with Gasteiger partial charge in [-0.2, -0.15) is 8.42 Å². The van der Waals surface area contributed by atoms with Crippen LogP contribution in [0.5, 0.6) is 52.1 Å². The second kappa shape index (κ2) is 38.5. The number of rotatable bonds is 25. The molecule has 0 aliphatic heterocycles. The molecule has 0 saturated heterocycles. The molecule has 582 valence electrons. The number of pyridine rings is 3. The summed E-state index contributed by atoms with van der Waals surface area (Å²) in [4.78, 5) is 48.1. The lowest BCUT2D eigenvalue weighted by Gasteiger charge is -2.14. The molecule has 2 N–H and O–H groups in total. The molecule has 0 amide bonds. The highest BCUT2D eigenvalue weighted by atomic mass is 35.5. The molecule has 0 unspecified atom stereocenters. The number of hydrogen-bond acceptors (Lipinski definition) is 23. The van der Waals surface area contributed by atoms with E-state index >= 15 is 0 Å². The smallest absolute Gasteiger partial charge is 0.346 e. The van der Waals surface area contributed by atoms with Crippen LogP contribution in [0.3, 0.4) is 0 Å². The predicted octanol–water partition coefficient (Wildman–Crippen LogP) is 21.6. The van der Waals surface area contributed by atoms with Gasteiger partial charge < -0.3 is 56.9 Å². The third-order valence-electron chi connectivity index (χ3n) is 16.4. The average molecular weight is 1660 g/mol. The van der Waals surface area contributed by atoms with Gasteiger partial charge in [0, 0.05) is 68.2 Å². The molecule has 0 aliphatic carbocycles. The van der Waals surface area contributed by atoms with Crippen LogP contribution in [0.4, 0.5) is 0 Å². The van der Waals surface area contributed by atoms with E-state index in [9.17, 15) is 27.9 Å². The van der Waals surface area contributed by atoms with Crippen molar-refractivity contribution in [2.45, 2.75) is 110 Å². The normalized spacial score (nSPS) is 11.9. The largest absolute Gasteiger partial charge is 0.506 e. The summed E-state index contributed by atoms with van der Waals surface area (Å²) in [6, 6.07) is 47.9. The van der Waals surface area contributed by atoms with Gasteiger partial charge in [-0.05, 0) is 168 Å². The van der Waals surface area contributed by atoms with Gasteiger partial charge in [0.1, 0.15) is 51.6 Å². The number of hydrogen-bond donors (Lipinski definition) is 2. The number of carbonyl (C=O) groups is 3. The Balaban J connectivity index is 0.000000163. The highest BCUT2D eigenvalue weighted by molar-refractivity contribution is 7.86. The number of aliphatic carboxylic acids is 1. The summed E-state index contributed by atoms with van der Waals surface area (Å²) >= 11 is 36.3. The number of phenols is 1. The minimum atomic E-state index is -3.93. The average Bonchev–Trinajstić information content (AvgIpc) is 1.66. The molecule has 7 aromatic carbocycles. The van der Waals surface area contributed by atoms with E-state index in [4.69, 9.17) is 126 Å². The molecule has 0 aliphatic rings. The third kappa shape index (κ3) is 21.5. The molecular weight excluding hydrogens is 1590 g/mol. The van der Waals surface area contributed by atoms with Crippen molar-refractivity contribution in [2.75, 3.05) is 14.2 Å². The Kier molecular flexibility index (Phi) is 28.8. The summed E-state index contributed by atoms with van der Waals surface area (Å²) in [5.74, 6) is 1.49. The second-order valence-electron chi connectivity index (χ2n) is 24.7. The van der Waals surface area contributed by atoms with Crippen LogP contribution >= 0.6 is 69.6 Å². The summed E-state index contributed by atoms with van der Waals surface area (Å²) < 4.78 is 82.6. The molecule has 0 spiro atoms. The molecule has 112 heavy (non-hydrogen) atoms. The predicted molar refractivity (Wildman–Crippen MR) is 426 cm³/mol. The zero-order chi connectivity index (χ0) is 80.5. The third-order valence-corrected chi connectivity index (χ3v) is 19.4. The number of phenolic OH excluding ortho intramolecular Hbond substituents is 1. The maximum atomic E-state index is 11.8. The number of esters is 2. The Morgan fingerprint density at radius 1 is 0.446 bits per heavy atom. The summed E-state index contributed by atoms with van der Waals surface area (Å²) in [6.45, 7) is 12.4. The molecular formula is C81H72Cl6N6O18S. The van der Waals surface area contributed by atoms with Gasteiger partial charge in [0.05, 0.1) is 67.4 Å². The van der Waals surface area contributed by atoms with Crippen molar-refractivity contribution in [3.8, 4) is 85.9 Å². The van der Waals surface area contributed by atoms with Gasteiger partial charge in [-0.15, -0.1) is 0 Å². The molecule has 0 bridgehead atoms. The lowest BCUT2D eigenvalue weighted by molar-refractivity contribution is -0.148. The van der Waals surface area contributed by atoms with Crippen molar-refractivity contribution < 1.29 is 83.9 Å². The quantitative estimate of drug-likeness (QED) is 0.0396. The van der Waals surface area contributed by atoms with E-state index < -0.39 is 46.3 Å². The van der Waals surface area contributed by atoms with Crippen LogP contribution in [0.1, 0.15) is 83.5 Å². The van der Waals surface area contributed by atoms with Gasteiger partial charge in [0.2, 0.25) is 17.6 Å². The zero-order valence-corrected chi connectivity index (χ0v) is 66.8. The summed E-state index contributed by atoms with van der Waals surface area (Å²) in [7, 11) is -1.47. The zero-order valence-electron chi connectivity index (χ0n) is 61.4. The number of benzene rings is 7. The van der Waals surface area contributed by atoms with E-state index in [0.717, 1.165) is 65.0 Å². The van der Waals surface area contributed by atoms with Crippen molar-refractivity contribution in [2.24, 2.45) is 0 Å². The summed E-state index contributed by atoms with van der Waals surface area (Å²) in [6.07, 6.45) is 1.71. The van der Waals surface area contributed by atoms with Crippen LogP contribution in [0.25, 0.3) is 66.7 Å². The maximum Gasteiger partial charge on any atom is 0.346 e. The minimum Gasteiger partial charge on any atom is -0.506 e. The van der Waals surface area contributed by atoms with Crippen molar-refractivity contribution in [3.05, 3.63) is 223 Å². The Labute approximate surface area is 673 Å². The van der Waals surface area contributed by atoms with Crippen molar-refractivity contribution >= 4 is 131 Å². The molecule has 0 fully saturated rings. The second-order valence-corrected chi connectivity index (χ2v) is 28.8. The van der Waals surface area contributed by atoms with Crippen LogP contribution in [-0.4, -0.2) is 99.5 Å². The number of fused-ring (bicyclic) bond motifs is 3. The molecule has 24 nitrogen and oxygen atoms in total. The first-order valence-corrected chi connectivity index (χ1v) is 38.3. The first kappa shape index (κ1) is 83.7.